The van der Waals surface area contributed by atoms with Gasteiger partial charge in [-0.15, -0.1) is 0 Å². The lowest BCUT2D eigenvalue weighted by molar-refractivity contribution is 0.415. The molecular formula is C19H18ClFN2O3S2. The van der Waals surface area contributed by atoms with E-state index in [1.54, 1.807) is 13.2 Å². The van der Waals surface area contributed by atoms with Crippen molar-refractivity contribution in [2.75, 3.05) is 23.5 Å². The van der Waals surface area contributed by atoms with Crippen molar-refractivity contribution in [1.29, 1.82) is 0 Å². The van der Waals surface area contributed by atoms with Gasteiger partial charge in [0.2, 0.25) is 0 Å². The highest BCUT2D eigenvalue weighted by atomic mass is 35.5. The van der Waals surface area contributed by atoms with E-state index in [1.165, 1.54) is 23.9 Å². The van der Waals surface area contributed by atoms with Crippen molar-refractivity contribution in [2.45, 2.75) is 17.8 Å². The first-order valence-corrected chi connectivity index (χ1v) is 11.7. The summed E-state index contributed by atoms with van der Waals surface area (Å²) >= 11 is 7.71. The lowest BCUT2D eigenvalue weighted by atomic mass is 10.2. The molecule has 2 aliphatic heterocycles. The van der Waals surface area contributed by atoms with E-state index in [2.05, 4.69) is 4.99 Å². The van der Waals surface area contributed by atoms with E-state index >= 15 is 0 Å². The lowest BCUT2D eigenvalue weighted by Crippen LogP contribution is -2.28. The molecule has 4 rings (SSSR count). The van der Waals surface area contributed by atoms with Crippen LogP contribution in [0.25, 0.3) is 0 Å². The van der Waals surface area contributed by atoms with Crippen molar-refractivity contribution >= 4 is 44.1 Å². The number of nitrogens with zero attached hydrogens (tertiary/aromatic N) is 2. The van der Waals surface area contributed by atoms with E-state index in [1.807, 2.05) is 29.2 Å². The van der Waals surface area contributed by atoms with Crippen molar-refractivity contribution in [2.24, 2.45) is 4.99 Å². The number of sulfone groups is 1. The van der Waals surface area contributed by atoms with Crippen LogP contribution >= 0.6 is 23.4 Å². The highest BCUT2D eigenvalue weighted by Crippen LogP contribution is 2.38. The Kier molecular flexibility index (Phi) is 5.28. The summed E-state index contributed by atoms with van der Waals surface area (Å²) < 4.78 is 42.4. The number of amidine groups is 1. The Hall–Kier alpha value is -1.77. The zero-order valence-electron chi connectivity index (χ0n) is 15.0. The molecule has 9 heteroatoms. The van der Waals surface area contributed by atoms with E-state index in [0.29, 0.717) is 11.6 Å². The van der Waals surface area contributed by atoms with Gasteiger partial charge >= 0.3 is 0 Å². The minimum absolute atomic E-state index is 0.0653. The maximum absolute atomic E-state index is 13.4. The van der Waals surface area contributed by atoms with Crippen LogP contribution in [0, 0.1) is 5.82 Å². The average molecular weight is 441 g/mol. The Morgan fingerprint density at radius 1 is 1.25 bits per heavy atom. The minimum Gasteiger partial charge on any atom is -0.497 e. The fourth-order valence-corrected chi connectivity index (χ4v) is 7.33. The van der Waals surface area contributed by atoms with E-state index < -0.39 is 15.7 Å². The van der Waals surface area contributed by atoms with Gasteiger partial charge in [-0.05, 0) is 42.0 Å². The van der Waals surface area contributed by atoms with Crippen molar-refractivity contribution in [3.05, 3.63) is 58.9 Å². The third-order valence-electron chi connectivity index (χ3n) is 4.76. The van der Waals surface area contributed by atoms with Gasteiger partial charge in [0, 0.05) is 16.0 Å². The van der Waals surface area contributed by atoms with Crippen LogP contribution in [0.3, 0.4) is 0 Å². The van der Waals surface area contributed by atoms with Crippen LogP contribution in [0.15, 0.2) is 47.5 Å². The number of ether oxygens (including phenoxy) is 1. The largest absolute Gasteiger partial charge is 0.497 e. The fraction of sp³-hybridized carbons (Fsp3) is 0.316. The van der Waals surface area contributed by atoms with Crippen molar-refractivity contribution in [3.63, 3.8) is 0 Å². The molecule has 0 aliphatic carbocycles. The molecule has 2 atom stereocenters. The number of benzene rings is 2. The van der Waals surface area contributed by atoms with Crippen LogP contribution in [0.2, 0.25) is 5.02 Å². The van der Waals surface area contributed by atoms with Gasteiger partial charge in [-0.25, -0.2) is 12.8 Å². The number of anilines is 1. The number of fused-ring (bicyclic) bond motifs is 1. The molecule has 0 aromatic heterocycles. The summed E-state index contributed by atoms with van der Waals surface area (Å²) in [6, 6.07) is 11.6. The fourth-order valence-electron chi connectivity index (χ4n) is 3.32. The van der Waals surface area contributed by atoms with Gasteiger partial charge in [0.15, 0.2) is 15.0 Å². The summed E-state index contributed by atoms with van der Waals surface area (Å²) in [4.78, 5) is 6.67. The minimum atomic E-state index is -3.02. The van der Waals surface area contributed by atoms with Gasteiger partial charge in [-0.3, -0.25) is 4.99 Å². The molecule has 2 aliphatic rings. The van der Waals surface area contributed by atoms with Crippen molar-refractivity contribution in [1.82, 2.24) is 0 Å². The average Bonchev–Trinajstić information content (AvgIpc) is 3.14. The van der Waals surface area contributed by atoms with Gasteiger partial charge in [-0.2, -0.15) is 0 Å². The van der Waals surface area contributed by atoms with Gasteiger partial charge in [0.25, 0.3) is 0 Å². The van der Waals surface area contributed by atoms with Crippen LogP contribution in [-0.2, 0) is 16.4 Å². The van der Waals surface area contributed by atoms with Crippen LogP contribution in [0.4, 0.5) is 10.1 Å². The highest BCUT2D eigenvalue weighted by molar-refractivity contribution is 8.15. The molecule has 28 heavy (non-hydrogen) atoms. The third-order valence-corrected chi connectivity index (χ3v) is 8.36. The molecule has 0 amide bonds. The highest BCUT2D eigenvalue weighted by Gasteiger charge is 2.44. The predicted molar refractivity (Wildman–Crippen MR) is 112 cm³/mol. The van der Waals surface area contributed by atoms with Crippen LogP contribution in [-0.4, -0.2) is 43.5 Å². The summed E-state index contributed by atoms with van der Waals surface area (Å²) in [5.74, 6) is 0.565. The molecule has 2 aromatic carbocycles. The van der Waals surface area contributed by atoms with Crippen LogP contribution in [0.1, 0.15) is 5.56 Å². The molecule has 2 heterocycles. The third kappa shape index (κ3) is 3.99. The summed E-state index contributed by atoms with van der Waals surface area (Å²) in [5.41, 5.74) is 1.63. The molecular weight excluding hydrogens is 423 g/mol. The number of thioether (sulfide) groups is 1. The number of hydrogen-bond donors (Lipinski definition) is 0. The van der Waals surface area contributed by atoms with Gasteiger partial charge in [-0.1, -0.05) is 29.4 Å². The van der Waals surface area contributed by atoms with E-state index in [9.17, 15) is 12.8 Å². The van der Waals surface area contributed by atoms with Crippen LogP contribution in [0.5, 0.6) is 5.75 Å². The Balaban J connectivity index is 1.67. The number of aliphatic imine (C=N–C) groups is 1. The predicted octanol–water partition coefficient (Wildman–Crippen LogP) is 3.76. The molecule has 0 N–H and O–H groups in total. The molecule has 2 unspecified atom stereocenters. The van der Waals surface area contributed by atoms with Gasteiger partial charge in [0.1, 0.15) is 11.6 Å². The molecule has 1 fully saturated rings. The monoisotopic (exact) mass is 440 g/mol. The number of methoxy groups -OCH3 is 1. The summed E-state index contributed by atoms with van der Waals surface area (Å²) in [6.45, 7) is 0.392. The maximum atomic E-state index is 13.4. The maximum Gasteiger partial charge on any atom is 0.164 e. The first-order chi connectivity index (χ1) is 13.3. The van der Waals surface area contributed by atoms with E-state index in [-0.39, 0.29) is 22.8 Å². The SMILES string of the molecule is COc1ccc(N(Cc2ccc(F)cc2Cl)C2=NC3CS(=O)(=O)CC3S2)cc1. The molecule has 0 radical (unpaired) electrons. The van der Waals surface area contributed by atoms with Gasteiger partial charge < -0.3 is 9.64 Å². The molecule has 5 nitrogen and oxygen atoms in total. The number of halogens is 2. The molecule has 1 saturated heterocycles. The Morgan fingerprint density at radius 3 is 2.64 bits per heavy atom. The Bertz CT molecular complexity index is 1030. The molecule has 148 valence electrons. The zero-order chi connectivity index (χ0) is 19.9. The quantitative estimate of drug-likeness (QED) is 0.724. The second-order valence-corrected chi connectivity index (χ2v) is 10.5. The zero-order valence-corrected chi connectivity index (χ0v) is 17.4. The number of hydrogen-bond acceptors (Lipinski definition) is 6. The van der Waals surface area contributed by atoms with E-state index in [4.69, 9.17) is 16.3 Å². The number of rotatable bonds is 4. The smallest absolute Gasteiger partial charge is 0.164 e. The summed E-state index contributed by atoms with van der Waals surface area (Å²) in [6.07, 6.45) is 0. The van der Waals surface area contributed by atoms with Crippen LogP contribution < -0.4 is 9.64 Å². The standard InChI is InChI=1S/C19H18ClFN2O3S2/c1-26-15-6-4-14(5-7-15)23(9-12-2-3-13(21)8-16(12)20)19-22-17-10-28(24,25)11-18(17)27-19/h2-8,17-18H,9-11H2,1H3. The summed E-state index contributed by atoms with van der Waals surface area (Å²) in [5, 5.41) is 1.02. The second-order valence-electron chi connectivity index (χ2n) is 6.73. The molecule has 0 saturated carbocycles. The first kappa shape index (κ1) is 19.5. The Labute approximate surface area is 172 Å². The van der Waals surface area contributed by atoms with Crippen molar-refractivity contribution < 1.29 is 17.5 Å². The van der Waals surface area contributed by atoms with Gasteiger partial charge in [0.05, 0.1) is 31.2 Å². The molecule has 2 aromatic rings. The summed E-state index contributed by atoms with van der Waals surface area (Å²) in [7, 11) is -1.42. The molecule has 0 spiro atoms. The normalized spacial score (nSPS) is 22.6. The second kappa shape index (κ2) is 7.57. The lowest BCUT2D eigenvalue weighted by Gasteiger charge is -2.25. The topological polar surface area (TPSA) is 59.0 Å². The Morgan fingerprint density at radius 2 is 2.00 bits per heavy atom. The first-order valence-electron chi connectivity index (χ1n) is 8.65. The van der Waals surface area contributed by atoms with Crippen molar-refractivity contribution in [3.8, 4) is 5.75 Å². The van der Waals surface area contributed by atoms with E-state index in [0.717, 1.165) is 22.2 Å². The molecule has 0 bridgehead atoms.